The van der Waals surface area contributed by atoms with Crippen LogP contribution in [0.15, 0.2) is 24.3 Å². The lowest BCUT2D eigenvalue weighted by molar-refractivity contribution is -0.123. The van der Waals surface area contributed by atoms with E-state index < -0.39 is 11.9 Å². The van der Waals surface area contributed by atoms with Crippen LogP contribution in [0.25, 0.3) is 5.69 Å². The summed E-state index contributed by atoms with van der Waals surface area (Å²) >= 11 is 5.98. The highest BCUT2D eigenvalue weighted by Crippen LogP contribution is 2.21. The molecular formula is C16H18ClN5O2. The molecule has 1 atom stereocenters. The van der Waals surface area contributed by atoms with Gasteiger partial charge < -0.3 is 10.6 Å². The summed E-state index contributed by atoms with van der Waals surface area (Å²) in [5.74, 6) is -0.799. The van der Waals surface area contributed by atoms with Crippen molar-refractivity contribution in [1.29, 1.82) is 0 Å². The van der Waals surface area contributed by atoms with Gasteiger partial charge in [0.25, 0.3) is 5.91 Å². The minimum Gasteiger partial charge on any atom is -0.368 e. The summed E-state index contributed by atoms with van der Waals surface area (Å²) in [6.45, 7) is 2.21. The number of primary amides is 1. The third-order valence-corrected chi connectivity index (χ3v) is 4.35. The zero-order valence-electron chi connectivity index (χ0n) is 13.3. The van der Waals surface area contributed by atoms with Crippen molar-refractivity contribution >= 4 is 23.4 Å². The molecule has 0 saturated carbocycles. The van der Waals surface area contributed by atoms with Gasteiger partial charge in [-0.3, -0.25) is 9.59 Å². The van der Waals surface area contributed by atoms with Crippen molar-refractivity contribution in [2.75, 3.05) is 6.54 Å². The SMILES string of the molecule is Cc1nn(-c2cccc(Cl)c2)nc1C(=O)N1CCCC[C@@H]1C(N)=O. The van der Waals surface area contributed by atoms with Crippen LogP contribution in [0.3, 0.4) is 0 Å². The maximum absolute atomic E-state index is 12.8. The van der Waals surface area contributed by atoms with Crippen molar-refractivity contribution < 1.29 is 9.59 Å². The smallest absolute Gasteiger partial charge is 0.277 e. The van der Waals surface area contributed by atoms with E-state index in [1.54, 1.807) is 31.2 Å². The molecule has 0 spiro atoms. The summed E-state index contributed by atoms with van der Waals surface area (Å²) in [7, 11) is 0. The maximum atomic E-state index is 12.8. The van der Waals surface area contributed by atoms with Crippen LogP contribution in [0.5, 0.6) is 0 Å². The van der Waals surface area contributed by atoms with Crippen LogP contribution in [0, 0.1) is 6.92 Å². The molecule has 0 radical (unpaired) electrons. The maximum Gasteiger partial charge on any atom is 0.277 e. The number of carbonyl (C=O) groups excluding carboxylic acids is 2. The number of hydrogen-bond acceptors (Lipinski definition) is 4. The van der Waals surface area contributed by atoms with E-state index in [1.807, 2.05) is 0 Å². The summed E-state index contributed by atoms with van der Waals surface area (Å²) in [5, 5.41) is 9.14. The molecule has 24 heavy (non-hydrogen) atoms. The molecule has 1 aliphatic rings. The number of nitrogens with two attached hydrogens (primary N) is 1. The Kier molecular flexibility index (Phi) is 4.53. The first-order valence-corrected chi connectivity index (χ1v) is 8.15. The number of hydrogen-bond donors (Lipinski definition) is 1. The number of likely N-dealkylation sites (tertiary alicyclic amines) is 1. The lowest BCUT2D eigenvalue weighted by atomic mass is 10.0. The summed E-state index contributed by atoms with van der Waals surface area (Å²) in [6.07, 6.45) is 2.31. The van der Waals surface area contributed by atoms with Gasteiger partial charge in [0.2, 0.25) is 5.91 Å². The van der Waals surface area contributed by atoms with E-state index in [-0.39, 0.29) is 11.6 Å². The zero-order valence-corrected chi connectivity index (χ0v) is 14.0. The Hall–Kier alpha value is -2.41. The van der Waals surface area contributed by atoms with Crippen molar-refractivity contribution in [3.8, 4) is 5.69 Å². The molecule has 7 nitrogen and oxygen atoms in total. The predicted octanol–water partition coefficient (Wildman–Crippen LogP) is 1.71. The molecule has 2 N–H and O–H groups in total. The van der Waals surface area contributed by atoms with Gasteiger partial charge in [-0.25, -0.2) is 0 Å². The molecule has 2 heterocycles. The molecule has 2 aromatic rings. The van der Waals surface area contributed by atoms with Crippen LogP contribution in [-0.4, -0.2) is 44.3 Å². The van der Waals surface area contributed by atoms with E-state index in [0.29, 0.717) is 29.4 Å². The van der Waals surface area contributed by atoms with Gasteiger partial charge in [0.05, 0.1) is 11.4 Å². The fraction of sp³-hybridized carbons (Fsp3) is 0.375. The molecule has 1 aliphatic heterocycles. The predicted molar refractivity (Wildman–Crippen MR) is 89.0 cm³/mol. The summed E-state index contributed by atoms with van der Waals surface area (Å²) in [5.41, 5.74) is 6.82. The monoisotopic (exact) mass is 347 g/mol. The van der Waals surface area contributed by atoms with Crippen LogP contribution in [0.1, 0.15) is 35.4 Å². The van der Waals surface area contributed by atoms with Gasteiger partial charge in [-0.05, 0) is 44.4 Å². The molecule has 1 saturated heterocycles. The quantitative estimate of drug-likeness (QED) is 0.914. The van der Waals surface area contributed by atoms with E-state index in [2.05, 4.69) is 10.2 Å². The number of benzene rings is 1. The van der Waals surface area contributed by atoms with Gasteiger partial charge in [-0.15, -0.1) is 5.10 Å². The summed E-state index contributed by atoms with van der Waals surface area (Å²) in [4.78, 5) is 27.3. The zero-order chi connectivity index (χ0) is 17.3. The van der Waals surface area contributed by atoms with Gasteiger partial charge in [0.15, 0.2) is 5.69 Å². The minimum atomic E-state index is -0.582. The fourth-order valence-electron chi connectivity index (χ4n) is 2.90. The Bertz CT molecular complexity index is 789. The average molecular weight is 348 g/mol. The Morgan fingerprint density at radius 1 is 1.29 bits per heavy atom. The summed E-state index contributed by atoms with van der Waals surface area (Å²) < 4.78 is 0. The van der Waals surface area contributed by atoms with Crippen molar-refractivity contribution in [3.05, 3.63) is 40.7 Å². The van der Waals surface area contributed by atoms with Crippen molar-refractivity contribution in [2.24, 2.45) is 5.73 Å². The number of aryl methyl sites for hydroxylation is 1. The minimum absolute atomic E-state index is 0.225. The molecule has 1 aromatic heterocycles. The molecular weight excluding hydrogens is 330 g/mol. The lowest BCUT2D eigenvalue weighted by Crippen LogP contribution is -2.50. The molecule has 3 rings (SSSR count). The third-order valence-electron chi connectivity index (χ3n) is 4.12. The number of halogens is 1. The van der Waals surface area contributed by atoms with Gasteiger partial charge in [0, 0.05) is 11.6 Å². The highest BCUT2D eigenvalue weighted by molar-refractivity contribution is 6.30. The van der Waals surface area contributed by atoms with Gasteiger partial charge in [0.1, 0.15) is 6.04 Å². The summed E-state index contributed by atoms with van der Waals surface area (Å²) in [6, 6.07) is 6.46. The number of nitrogens with zero attached hydrogens (tertiary/aromatic N) is 4. The van der Waals surface area contributed by atoms with Crippen LogP contribution in [0.2, 0.25) is 5.02 Å². The Morgan fingerprint density at radius 3 is 2.79 bits per heavy atom. The molecule has 8 heteroatoms. The number of aromatic nitrogens is 3. The van der Waals surface area contributed by atoms with E-state index in [0.717, 1.165) is 12.8 Å². The second kappa shape index (κ2) is 6.60. The van der Waals surface area contributed by atoms with Crippen LogP contribution in [0.4, 0.5) is 0 Å². The van der Waals surface area contributed by atoms with E-state index in [1.165, 1.54) is 9.70 Å². The van der Waals surface area contributed by atoms with Gasteiger partial charge in [-0.2, -0.15) is 9.90 Å². The van der Waals surface area contributed by atoms with Crippen LogP contribution >= 0.6 is 11.6 Å². The number of piperidine rings is 1. The molecule has 0 aliphatic carbocycles. The number of carbonyl (C=O) groups is 2. The normalized spacial score (nSPS) is 17.8. The molecule has 126 valence electrons. The van der Waals surface area contributed by atoms with Crippen molar-refractivity contribution in [3.63, 3.8) is 0 Å². The van der Waals surface area contributed by atoms with Crippen LogP contribution < -0.4 is 5.73 Å². The average Bonchev–Trinajstić information content (AvgIpc) is 2.96. The number of rotatable bonds is 3. The highest BCUT2D eigenvalue weighted by Gasteiger charge is 2.33. The topological polar surface area (TPSA) is 94.1 Å². The molecule has 1 fully saturated rings. The number of amides is 2. The Morgan fingerprint density at radius 2 is 2.08 bits per heavy atom. The largest absolute Gasteiger partial charge is 0.368 e. The van der Waals surface area contributed by atoms with E-state index in [9.17, 15) is 9.59 Å². The first kappa shape index (κ1) is 16.4. The first-order valence-electron chi connectivity index (χ1n) is 7.77. The van der Waals surface area contributed by atoms with Crippen LogP contribution in [-0.2, 0) is 4.79 Å². The van der Waals surface area contributed by atoms with Crippen molar-refractivity contribution in [1.82, 2.24) is 19.9 Å². The highest BCUT2D eigenvalue weighted by atomic mass is 35.5. The second-order valence-electron chi connectivity index (χ2n) is 5.82. The van der Waals surface area contributed by atoms with Crippen molar-refractivity contribution in [2.45, 2.75) is 32.2 Å². The molecule has 2 amide bonds. The lowest BCUT2D eigenvalue weighted by Gasteiger charge is -2.33. The third kappa shape index (κ3) is 3.12. The van der Waals surface area contributed by atoms with Gasteiger partial charge >= 0.3 is 0 Å². The Labute approximate surface area is 144 Å². The van der Waals surface area contributed by atoms with E-state index in [4.69, 9.17) is 17.3 Å². The molecule has 1 aromatic carbocycles. The fourth-order valence-corrected chi connectivity index (χ4v) is 3.08. The molecule has 0 bridgehead atoms. The second-order valence-corrected chi connectivity index (χ2v) is 6.25. The first-order chi connectivity index (χ1) is 11.5. The standard InChI is InChI=1S/C16H18ClN5O2/c1-10-14(16(24)21-8-3-2-7-13(21)15(18)23)20-22(19-10)12-6-4-5-11(17)9-12/h4-6,9,13H,2-3,7-8H2,1H3,(H2,18,23)/t13-/m1/s1. The molecule has 0 unspecified atom stereocenters. The van der Waals surface area contributed by atoms with Gasteiger partial charge in [-0.1, -0.05) is 17.7 Å². The Balaban J connectivity index is 1.92. The van der Waals surface area contributed by atoms with E-state index >= 15 is 0 Å².